The minimum Gasteiger partial charge on any atom is -0.365 e. The molecule has 7 nitrogen and oxygen atoms in total. The molecule has 2 amide bonds. The van der Waals surface area contributed by atoms with Gasteiger partial charge in [0.1, 0.15) is 5.00 Å². The van der Waals surface area contributed by atoms with Gasteiger partial charge in [-0.2, -0.15) is 4.31 Å². The number of benzene rings is 1. The van der Waals surface area contributed by atoms with Crippen LogP contribution in [0.5, 0.6) is 0 Å². The lowest BCUT2D eigenvalue weighted by molar-refractivity contribution is 0.100. The standard InChI is InChI=1S/C24H31N3O4S2/c1-15-12-16(2)14-27(13-15)33(30,31)18-10-8-17(9-11-18)23(29)26-24-21(22(25)28)19-6-4-3-5-7-20(19)32-24/h8-11,15-16H,3-7,12-14H2,1-2H3,(H2,25,28)(H,26,29). The SMILES string of the molecule is CC1CC(C)CN(S(=O)(=O)c2ccc(C(=O)Nc3sc4c(c3C(N)=O)CCCCC4)cc2)C1. The molecule has 1 aromatic heterocycles. The molecule has 2 heterocycles. The van der Waals surface area contributed by atoms with Crippen LogP contribution >= 0.6 is 11.3 Å². The third kappa shape index (κ3) is 5.00. The fourth-order valence-electron chi connectivity index (χ4n) is 5.00. The van der Waals surface area contributed by atoms with Gasteiger partial charge in [0.15, 0.2) is 0 Å². The number of hydrogen-bond acceptors (Lipinski definition) is 5. The third-order valence-electron chi connectivity index (χ3n) is 6.48. The topological polar surface area (TPSA) is 110 Å². The van der Waals surface area contributed by atoms with E-state index in [0.717, 1.165) is 49.0 Å². The Labute approximate surface area is 199 Å². The number of sulfonamides is 1. The Balaban J connectivity index is 1.53. The first-order chi connectivity index (χ1) is 15.7. The molecule has 1 aliphatic heterocycles. The Morgan fingerprint density at radius 2 is 1.67 bits per heavy atom. The molecule has 2 unspecified atom stereocenters. The van der Waals surface area contributed by atoms with Crippen LogP contribution in [0.3, 0.4) is 0 Å². The van der Waals surface area contributed by atoms with Crippen LogP contribution in [-0.2, 0) is 22.9 Å². The number of nitrogens with one attached hydrogen (secondary N) is 1. The Morgan fingerprint density at radius 3 is 2.30 bits per heavy atom. The van der Waals surface area contributed by atoms with E-state index in [-0.39, 0.29) is 4.90 Å². The lowest BCUT2D eigenvalue weighted by Crippen LogP contribution is -2.42. The van der Waals surface area contributed by atoms with Crippen LogP contribution in [0, 0.1) is 11.8 Å². The van der Waals surface area contributed by atoms with E-state index in [1.807, 2.05) is 0 Å². The number of fused-ring (bicyclic) bond motifs is 1. The van der Waals surface area contributed by atoms with E-state index in [2.05, 4.69) is 19.2 Å². The molecule has 2 aromatic rings. The van der Waals surface area contributed by atoms with Crippen molar-refractivity contribution >= 4 is 38.2 Å². The Hall–Kier alpha value is -2.23. The second-order valence-electron chi connectivity index (χ2n) is 9.38. The van der Waals surface area contributed by atoms with Crippen molar-refractivity contribution in [1.82, 2.24) is 4.31 Å². The molecule has 33 heavy (non-hydrogen) atoms. The number of rotatable bonds is 5. The number of nitrogens with two attached hydrogens (primary N) is 1. The van der Waals surface area contributed by atoms with Gasteiger partial charge in [0, 0.05) is 23.5 Å². The molecule has 0 saturated carbocycles. The average molecular weight is 490 g/mol. The van der Waals surface area contributed by atoms with Crippen LogP contribution in [0.4, 0.5) is 5.00 Å². The minimum absolute atomic E-state index is 0.181. The molecule has 1 fully saturated rings. The van der Waals surface area contributed by atoms with Gasteiger partial charge in [-0.15, -0.1) is 11.3 Å². The van der Waals surface area contributed by atoms with Crippen molar-refractivity contribution in [1.29, 1.82) is 0 Å². The number of thiophene rings is 1. The molecular weight excluding hydrogens is 458 g/mol. The summed E-state index contributed by atoms with van der Waals surface area (Å²) in [6.45, 7) is 5.15. The van der Waals surface area contributed by atoms with E-state index in [1.54, 1.807) is 4.31 Å². The number of piperidine rings is 1. The van der Waals surface area contributed by atoms with Crippen LogP contribution in [0.2, 0.25) is 0 Å². The molecule has 2 atom stereocenters. The van der Waals surface area contributed by atoms with Crippen molar-refractivity contribution in [3.05, 3.63) is 45.8 Å². The second-order valence-corrected chi connectivity index (χ2v) is 12.4. The monoisotopic (exact) mass is 489 g/mol. The van der Waals surface area contributed by atoms with E-state index in [9.17, 15) is 18.0 Å². The number of carbonyl (C=O) groups excluding carboxylic acids is 2. The molecular formula is C24H31N3O4S2. The number of carbonyl (C=O) groups is 2. The summed E-state index contributed by atoms with van der Waals surface area (Å²) in [7, 11) is -3.61. The summed E-state index contributed by atoms with van der Waals surface area (Å²) >= 11 is 1.42. The first-order valence-electron chi connectivity index (χ1n) is 11.5. The number of primary amides is 1. The molecule has 1 saturated heterocycles. The van der Waals surface area contributed by atoms with E-state index in [0.29, 0.717) is 41.1 Å². The molecule has 1 aliphatic carbocycles. The number of amides is 2. The summed E-state index contributed by atoms with van der Waals surface area (Å²) in [6, 6.07) is 5.99. The van der Waals surface area contributed by atoms with Crippen molar-refractivity contribution in [2.75, 3.05) is 18.4 Å². The maximum absolute atomic E-state index is 13.1. The third-order valence-corrected chi connectivity index (χ3v) is 9.54. The number of nitrogens with zero attached hydrogens (tertiary/aromatic N) is 1. The summed E-state index contributed by atoms with van der Waals surface area (Å²) in [4.78, 5) is 26.3. The van der Waals surface area contributed by atoms with Crippen LogP contribution in [0.25, 0.3) is 0 Å². The molecule has 178 valence electrons. The number of hydrogen-bond donors (Lipinski definition) is 2. The second kappa shape index (κ2) is 9.56. The molecule has 3 N–H and O–H groups in total. The first kappa shape index (κ1) is 23.9. The summed E-state index contributed by atoms with van der Waals surface area (Å²) in [5.41, 5.74) is 7.36. The Kier molecular flexibility index (Phi) is 6.93. The predicted octanol–water partition coefficient (Wildman–Crippen LogP) is 4.03. The highest BCUT2D eigenvalue weighted by molar-refractivity contribution is 7.89. The Morgan fingerprint density at radius 1 is 1.03 bits per heavy atom. The lowest BCUT2D eigenvalue weighted by Gasteiger charge is -2.34. The molecule has 4 rings (SSSR count). The van der Waals surface area contributed by atoms with Crippen LogP contribution < -0.4 is 11.1 Å². The zero-order valence-corrected chi connectivity index (χ0v) is 20.7. The smallest absolute Gasteiger partial charge is 0.256 e. The van der Waals surface area contributed by atoms with Gasteiger partial charge in [0.2, 0.25) is 10.0 Å². The molecule has 0 spiro atoms. The summed E-state index contributed by atoms with van der Waals surface area (Å²) in [5.74, 6) is -0.294. The van der Waals surface area contributed by atoms with Gasteiger partial charge in [-0.25, -0.2) is 8.42 Å². The number of aryl methyl sites for hydroxylation is 1. The molecule has 9 heteroatoms. The van der Waals surface area contributed by atoms with Crippen LogP contribution in [0.15, 0.2) is 29.2 Å². The molecule has 0 radical (unpaired) electrons. The predicted molar refractivity (Wildman–Crippen MR) is 130 cm³/mol. The van der Waals surface area contributed by atoms with Gasteiger partial charge >= 0.3 is 0 Å². The average Bonchev–Trinajstić information content (AvgIpc) is 2.94. The van der Waals surface area contributed by atoms with Crippen LogP contribution in [-0.4, -0.2) is 37.6 Å². The van der Waals surface area contributed by atoms with Crippen molar-refractivity contribution < 1.29 is 18.0 Å². The maximum Gasteiger partial charge on any atom is 0.256 e. The van der Waals surface area contributed by atoms with Crippen molar-refractivity contribution in [3.8, 4) is 0 Å². The molecule has 2 aliphatic rings. The van der Waals surface area contributed by atoms with E-state index >= 15 is 0 Å². The highest BCUT2D eigenvalue weighted by Gasteiger charge is 2.32. The first-order valence-corrected chi connectivity index (χ1v) is 13.8. The van der Waals surface area contributed by atoms with E-state index in [4.69, 9.17) is 5.73 Å². The highest BCUT2D eigenvalue weighted by atomic mass is 32.2. The van der Waals surface area contributed by atoms with Crippen LogP contribution in [0.1, 0.15) is 70.7 Å². The summed E-state index contributed by atoms with van der Waals surface area (Å²) < 4.78 is 27.7. The van der Waals surface area contributed by atoms with Crippen molar-refractivity contribution in [2.45, 2.75) is 57.3 Å². The molecule has 1 aromatic carbocycles. The fourth-order valence-corrected chi connectivity index (χ4v) is 7.97. The van der Waals surface area contributed by atoms with Gasteiger partial charge in [0.05, 0.1) is 10.5 Å². The molecule has 0 bridgehead atoms. The van der Waals surface area contributed by atoms with E-state index in [1.165, 1.54) is 35.6 Å². The quantitative estimate of drug-likeness (QED) is 0.618. The fraction of sp³-hybridized carbons (Fsp3) is 0.500. The van der Waals surface area contributed by atoms with Gasteiger partial charge in [-0.3, -0.25) is 9.59 Å². The zero-order valence-electron chi connectivity index (χ0n) is 19.1. The van der Waals surface area contributed by atoms with Gasteiger partial charge in [-0.1, -0.05) is 20.3 Å². The summed E-state index contributed by atoms with van der Waals surface area (Å²) in [5, 5.41) is 3.32. The summed E-state index contributed by atoms with van der Waals surface area (Å²) in [6.07, 6.45) is 5.87. The Bertz CT molecular complexity index is 1150. The minimum atomic E-state index is -3.61. The van der Waals surface area contributed by atoms with Gasteiger partial charge < -0.3 is 11.1 Å². The maximum atomic E-state index is 13.1. The lowest BCUT2D eigenvalue weighted by atomic mass is 9.94. The highest BCUT2D eigenvalue weighted by Crippen LogP contribution is 2.37. The van der Waals surface area contributed by atoms with E-state index < -0.39 is 21.8 Å². The van der Waals surface area contributed by atoms with Crippen molar-refractivity contribution in [2.24, 2.45) is 17.6 Å². The van der Waals surface area contributed by atoms with Crippen molar-refractivity contribution in [3.63, 3.8) is 0 Å². The normalized spacial score (nSPS) is 21.8. The number of anilines is 1. The largest absolute Gasteiger partial charge is 0.365 e. The zero-order chi connectivity index (χ0) is 23.8. The van der Waals surface area contributed by atoms with Gasteiger partial charge in [-0.05, 0) is 73.8 Å². The van der Waals surface area contributed by atoms with Gasteiger partial charge in [0.25, 0.3) is 11.8 Å².